The maximum Gasteiger partial charge on any atom is 0.343 e. The Morgan fingerprint density at radius 2 is 1.65 bits per heavy atom. The summed E-state index contributed by atoms with van der Waals surface area (Å²) in [6.45, 7) is 5.66. The molecule has 0 aliphatic carbocycles. The topological polar surface area (TPSA) is 124 Å². The number of methoxy groups -OCH3 is 2. The molecule has 5 rings (SSSR count). The molecule has 1 aliphatic rings. The number of allylic oxidation sites excluding steroid dienone is 1. The van der Waals surface area contributed by atoms with E-state index >= 15 is 0 Å². The highest BCUT2D eigenvalue weighted by Gasteiger charge is 2.34. The van der Waals surface area contributed by atoms with E-state index in [0.717, 1.165) is 5.56 Å². The van der Waals surface area contributed by atoms with Gasteiger partial charge in [-0.2, -0.15) is 0 Å². The molecule has 0 unspecified atom stereocenters. The van der Waals surface area contributed by atoms with Gasteiger partial charge >= 0.3 is 11.9 Å². The van der Waals surface area contributed by atoms with E-state index in [0.29, 0.717) is 67.4 Å². The minimum atomic E-state index is -0.885. The van der Waals surface area contributed by atoms with Gasteiger partial charge in [-0.15, -0.1) is 0 Å². The van der Waals surface area contributed by atoms with Gasteiger partial charge in [0.1, 0.15) is 6.61 Å². The Balaban J connectivity index is 1.55. The van der Waals surface area contributed by atoms with E-state index in [1.54, 1.807) is 76.4 Å². The van der Waals surface area contributed by atoms with Gasteiger partial charge in [0.05, 0.1) is 49.3 Å². The summed E-state index contributed by atoms with van der Waals surface area (Å²) in [6, 6.07) is 16.9. The number of hydrogen-bond acceptors (Lipinski definition) is 11. The summed E-state index contributed by atoms with van der Waals surface area (Å²) in [7, 11) is 2.81. The van der Waals surface area contributed by atoms with Gasteiger partial charge in [-0.25, -0.2) is 14.6 Å². The van der Waals surface area contributed by atoms with Gasteiger partial charge in [-0.1, -0.05) is 47.2 Å². The molecule has 0 amide bonds. The summed E-state index contributed by atoms with van der Waals surface area (Å²) in [4.78, 5) is 44.3. The van der Waals surface area contributed by atoms with Crippen LogP contribution in [-0.2, 0) is 25.7 Å². The van der Waals surface area contributed by atoms with Crippen molar-refractivity contribution in [2.75, 3.05) is 34.0 Å². The van der Waals surface area contributed by atoms with Crippen LogP contribution in [0.4, 0.5) is 0 Å². The Labute approximate surface area is 291 Å². The number of carbonyl (C=O) groups excluding carboxylic acids is 2. The van der Waals surface area contributed by atoms with Gasteiger partial charge in [-0.3, -0.25) is 9.36 Å². The van der Waals surface area contributed by atoms with Crippen molar-refractivity contribution in [1.82, 2.24) is 4.57 Å². The van der Waals surface area contributed by atoms with Crippen molar-refractivity contribution in [3.63, 3.8) is 0 Å². The van der Waals surface area contributed by atoms with Gasteiger partial charge in [0.2, 0.25) is 0 Å². The molecule has 2 heterocycles. The number of halogens is 1. The minimum Gasteiger partial charge on any atom is -0.493 e. The number of rotatable bonds is 13. The zero-order valence-electron chi connectivity index (χ0n) is 27.6. The van der Waals surface area contributed by atoms with Crippen LogP contribution in [0.3, 0.4) is 0 Å². The van der Waals surface area contributed by atoms with Crippen LogP contribution in [-0.4, -0.2) is 50.5 Å². The second kappa shape index (κ2) is 15.9. The van der Waals surface area contributed by atoms with E-state index < -0.39 is 18.0 Å². The largest absolute Gasteiger partial charge is 0.493 e. The van der Waals surface area contributed by atoms with Crippen molar-refractivity contribution < 1.29 is 38.0 Å². The number of hydrogen-bond donors (Lipinski definition) is 0. The average Bonchev–Trinajstić information content (AvgIpc) is 3.40. The first kappa shape index (κ1) is 35.2. The molecule has 4 aromatic rings. The second-order valence-corrected chi connectivity index (χ2v) is 12.1. The average molecular weight is 707 g/mol. The Bertz CT molecular complexity index is 2070. The molecule has 3 aromatic carbocycles. The van der Waals surface area contributed by atoms with Crippen LogP contribution in [0.5, 0.6) is 23.0 Å². The third kappa shape index (κ3) is 7.98. The lowest BCUT2D eigenvalue weighted by Crippen LogP contribution is -2.40. The van der Waals surface area contributed by atoms with Gasteiger partial charge in [0, 0.05) is 5.02 Å². The highest BCUT2D eigenvalue weighted by molar-refractivity contribution is 7.07. The lowest BCUT2D eigenvalue weighted by molar-refractivity contribution is -0.143. The van der Waals surface area contributed by atoms with Crippen molar-refractivity contribution in [1.29, 1.82) is 0 Å². The molecular formula is C36H35ClN2O9S. The van der Waals surface area contributed by atoms with E-state index in [9.17, 15) is 14.4 Å². The Morgan fingerprint density at radius 3 is 2.35 bits per heavy atom. The zero-order valence-corrected chi connectivity index (χ0v) is 29.2. The highest BCUT2D eigenvalue weighted by atomic mass is 35.5. The number of esters is 2. The molecule has 0 saturated carbocycles. The summed E-state index contributed by atoms with van der Waals surface area (Å²) in [5.74, 6) is 0.512. The number of fused-ring (bicyclic) bond motifs is 1. The third-order valence-electron chi connectivity index (χ3n) is 7.47. The van der Waals surface area contributed by atoms with Crippen molar-refractivity contribution in [3.8, 4) is 23.0 Å². The molecule has 0 spiro atoms. The Kier molecular flexibility index (Phi) is 11.4. The number of benzene rings is 3. The molecule has 11 nitrogen and oxygen atoms in total. The first-order valence-electron chi connectivity index (χ1n) is 15.4. The summed E-state index contributed by atoms with van der Waals surface area (Å²) < 4.78 is 35.0. The van der Waals surface area contributed by atoms with Crippen LogP contribution in [0.1, 0.15) is 43.5 Å². The van der Waals surface area contributed by atoms with Crippen LogP contribution >= 0.6 is 22.9 Å². The van der Waals surface area contributed by atoms with E-state index in [4.69, 9.17) is 35.3 Å². The van der Waals surface area contributed by atoms with Gasteiger partial charge < -0.3 is 28.4 Å². The molecule has 0 N–H and O–H groups in total. The quantitative estimate of drug-likeness (QED) is 0.177. The van der Waals surface area contributed by atoms with Crippen molar-refractivity contribution in [3.05, 3.63) is 113 Å². The molecule has 0 saturated heterocycles. The molecule has 0 bridgehead atoms. The highest BCUT2D eigenvalue weighted by Crippen LogP contribution is 2.36. The summed E-state index contributed by atoms with van der Waals surface area (Å²) in [6.07, 6.45) is 1.74. The first-order chi connectivity index (χ1) is 23.7. The predicted octanol–water partition coefficient (Wildman–Crippen LogP) is 4.99. The summed E-state index contributed by atoms with van der Waals surface area (Å²) in [5, 5.41) is 0.643. The first-order valence-corrected chi connectivity index (χ1v) is 16.6. The third-order valence-corrected chi connectivity index (χ3v) is 8.70. The van der Waals surface area contributed by atoms with Gasteiger partial charge in [-0.05, 0) is 79.9 Å². The standard InChI is InChI=1S/C36H35ClN2O9S/c1-6-45-29-18-24(11-15-27(29)48-20-31(40)44-5)33-32(35(42)46-7-2)21(3)38-36-39(33)34(41)30(49-36)17-23-10-14-26(28(16-23)43-4)47-19-22-8-12-25(37)13-9-22/h8-18,33H,6-7,19-20H2,1-5H3/b30-17-/t33-/m0/s1. The number of carbonyl (C=O) groups is 2. The molecule has 1 atom stereocenters. The van der Waals surface area contributed by atoms with Crippen molar-refractivity contribution in [2.24, 2.45) is 4.99 Å². The molecule has 1 aliphatic heterocycles. The van der Waals surface area contributed by atoms with Gasteiger partial charge in [0.15, 0.2) is 34.4 Å². The van der Waals surface area contributed by atoms with Crippen LogP contribution in [0.25, 0.3) is 6.08 Å². The van der Waals surface area contributed by atoms with Crippen LogP contribution in [0.2, 0.25) is 5.02 Å². The van der Waals surface area contributed by atoms with Crippen LogP contribution in [0, 0.1) is 0 Å². The van der Waals surface area contributed by atoms with E-state index in [1.807, 2.05) is 18.2 Å². The maximum absolute atomic E-state index is 14.2. The fourth-order valence-electron chi connectivity index (χ4n) is 5.17. The molecule has 13 heteroatoms. The number of aromatic nitrogens is 1. The second-order valence-electron chi connectivity index (χ2n) is 10.6. The van der Waals surface area contributed by atoms with Crippen LogP contribution < -0.4 is 33.8 Å². The van der Waals surface area contributed by atoms with E-state index in [2.05, 4.69) is 9.73 Å². The minimum absolute atomic E-state index is 0.137. The number of thiazole rings is 1. The fourth-order valence-corrected chi connectivity index (χ4v) is 6.34. The van der Waals surface area contributed by atoms with Gasteiger partial charge in [0.25, 0.3) is 5.56 Å². The fraction of sp³-hybridized carbons (Fsp3) is 0.278. The normalized spacial score (nSPS) is 14.1. The SMILES string of the molecule is CCOC(=O)C1=C(C)N=c2s/c(=C\c3ccc(OCc4ccc(Cl)cc4)c(OC)c3)c(=O)n2[C@H]1c1ccc(OCC(=O)OC)c(OCC)c1. The lowest BCUT2D eigenvalue weighted by atomic mass is 9.95. The molecule has 1 aromatic heterocycles. The lowest BCUT2D eigenvalue weighted by Gasteiger charge is -2.25. The Morgan fingerprint density at radius 1 is 0.918 bits per heavy atom. The van der Waals surface area contributed by atoms with Crippen molar-refractivity contribution >= 4 is 41.0 Å². The maximum atomic E-state index is 14.2. The smallest absolute Gasteiger partial charge is 0.343 e. The number of nitrogens with zero attached hydrogens (tertiary/aromatic N) is 2. The van der Waals surface area contributed by atoms with Crippen LogP contribution in [0.15, 0.2) is 81.7 Å². The Hall–Kier alpha value is -5.07. The van der Waals surface area contributed by atoms with E-state index in [-0.39, 0.29) is 24.3 Å². The number of ether oxygens (including phenoxy) is 6. The summed E-state index contributed by atoms with van der Waals surface area (Å²) >= 11 is 7.19. The predicted molar refractivity (Wildman–Crippen MR) is 184 cm³/mol. The molecular weight excluding hydrogens is 672 g/mol. The molecule has 0 radical (unpaired) electrons. The van der Waals surface area contributed by atoms with E-state index in [1.165, 1.54) is 23.0 Å². The monoisotopic (exact) mass is 706 g/mol. The zero-order chi connectivity index (χ0) is 35.1. The molecule has 256 valence electrons. The molecule has 0 fully saturated rings. The molecule has 49 heavy (non-hydrogen) atoms. The summed E-state index contributed by atoms with van der Waals surface area (Å²) in [5.41, 5.74) is 2.49. The van der Waals surface area contributed by atoms with Crippen molar-refractivity contribution in [2.45, 2.75) is 33.4 Å².